The summed E-state index contributed by atoms with van der Waals surface area (Å²) in [6.45, 7) is 1.92. The lowest BCUT2D eigenvalue weighted by Crippen LogP contribution is -2.38. The van der Waals surface area contributed by atoms with Gasteiger partial charge in [-0.25, -0.2) is 4.79 Å². The Morgan fingerprint density at radius 1 is 1.33 bits per heavy atom. The Hall–Kier alpha value is -0.730. The molecular formula is C9H16N2O. The average molecular weight is 168 g/mol. The molecule has 2 amide bonds. The van der Waals surface area contributed by atoms with E-state index in [1.54, 1.807) is 7.05 Å². The first-order chi connectivity index (χ1) is 5.81. The van der Waals surface area contributed by atoms with Crippen molar-refractivity contribution in [1.29, 1.82) is 0 Å². The van der Waals surface area contributed by atoms with Gasteiger partial charge in [-0.15, -0.1) is 0 Å². The molecule has 2 rings (SSSR count). The summed E-state index contributed by atoms with van der Waals surface area (Å²) in [6.07, 6.45) is 3.86. The Kier molecular flexibility index (Phi) is 1.95. The molecule has 1 saturated carbocycles. The first-order valence-corrected chi connectivity index (χ1v) is 4.78. The van der Waals surface area contributed by atoms with E-state index in [0.717, 1.165) is 24.9 Å². The highest BCUT2D eigenvalue weighted by atomic mass is 16.2. The fraction of sp³-hybridized carbons (Fsp3) is 0.889. The molecule has 1 saturated heterocycles. The van der Waals surface area contributed by atoms with Crippen molar-refractivity contribution in [2.24, 2.45) is 11.8 Å². The van der Waals surface area contributed by atoms with Crippen molar-refractivity contribution in [1.82, 2.24) is 10.2 Å². The van der Waals surface area contributed by atoms with Crippen molar-refractivity contribution < 1.29 is 4.79 Å². The predicted octanol–water partition coefficient (Wildman–Crippen LogP) is 1.06. The first-order valence-electron chi connectivity index (χ1n) is 4.78. The Bertz CT molecular complexity index is 181. The van der Waals surface area contributed by atoms with Crippen LogP contribution in [0.1, 0.15) is 19.3 Å². The third-order valence-electron chi connectivity index (χ3n) is 3.11. The number of hydrogen-bond donors (Lipinski definition) is 1. The summed E-state index contributed by atoms with van der Waals surface area (Å²) in [6, 6.07) is 0.0938. The van der Waals surface area contributed by atoms with Crippen LogP contribution in [-0.4, -0.2) is 31.1 Å². The molecule has 3 heteroatoms. The number of amides is 2. The Balaban J connectivity index is 1.87. The summed E-state index contributed by atoms with van der Waals surface area (Å²) in [5.74, 6) is 1.89. The largest absolute Gasteiger partial charge is 0.341 e. The molecule has 0 aromatic carbocycles. The summed E-state index contributed by atoms with van der Waals surface area (Å²) in [5, 5.41) is 2.68. The highest BCUT2D eigenvalue weighted by molar-refractivity contribution is 5.73. The summed E-state index contributed by atoms with van der Waals surface area (Å²) < 4.78 is 0. The number of urea groups is 1. The Morgan fingerprint density at radius 3 is 2.42 bits per heavy atom. The maximum absolute atomic E-state index is 11.3. The molecule has 2 fully saturated rings. The molecule has 2 atom stereocenters. The fourth-order valence-corrected chi connectivity index (χ4v) is 2.13. The predicted molar refractivity (Wildman–Crippen MR) is 46.9 cm³/mol. The van der Waals surface area contributed by atoms with Crippen molar-refractivity contribution >= 4 is 6.03 Å². The van der Waals surface area contributed by atoms with Gasteiger partial charge in [0.05, 0.1) is 0 Å². The maximum atomic E-state index is 11.3. The molecule has 0 bridgehead atoms. The van der Waals surface area contributed by atoms with E-state index in [1.165, 1.54) is 19.3 Å². The van der Waals surface area contributed by atoms with Crippen molar-refractivity contribution in [3.63, 3.8) is 0 Å². The SMILES string of the molecule is CNC(=O)N1CC[C@@H]2C[C@@H]2CC1. The molecule has 3 nitrogen and oxygen atoms in total. The van der Waals surface area contributed by atoms with Crippen LogP contribution in [0.15, 0.2) is 0 Å². The number of likely N-dealkylation sites (tertiary alicyclic amines) is 1. The highest BCUT2D eigenvalue weighted by Gasteiger charge is 2.39. The summed E-state index contributed by atoms with van der Waals surface area (Å²) in [7, 11) is 1.70. The summed E-state index contributed by atoms with van der Waals surface area (Å²) >= 11 is 0. The summed E-state index contributed by atoms with van der Waals surface area (Å²) in [4.78, 5) is 13.2. The van der Waals surface area contributed by atoms with Crippen LogP contribution in [0, 0.1) is 11.8 Å². The van der Waals surface area contributed by atoms with E-state index in [1.807, 2.05) is 4.90 Å². The molecule has 1 aliphatic carbocycles. The van der Waals surface area contributed by atoms with Crippen molar-refractivity contribution in [3.05, 3.63) is 0 Å². The number of carbonyl (C=O) groups excluding carboxylic acids is 1. The molecule has 0 aromatic rings. The van der Waals surface area contributed by atoms with E-state index in [2.05, 4.69) is 5.32 Å². The molecule has 1 aliphatic heterocycles. The molecule has 0 radical (unpaired) electrons. The van der Waals surface area contributed by atoms with Gasteiger partial charge in [0, 0.05) is 20.1 Å². The van der Waals surface area contributed by atoms with Gasteiger partial charge in [-0.2, -0.15) is 0 Å². The minimum atomic E-state index is 0.0938. The van der Waals surface area contributed by atoms with E-state index >= 15 is 0 Å². The molecule has 0 unspecified atom stereocenters. The normalized spacial score (nSPS) is 33.6. The van der Waals surface area contributed by atoms with E-state index in [0.29, 0.717) is 0 Å². The molecule has 0 spiro atoms. The molecular weight excluding hydrogens is 152 g/mol. The van der Waals surface area contributed by atoms with E-state index < -0.39 is 0 Å². The minimum absolute atomic E-state index is 0.0938. The lowest BCUT2D eigenvalue weighted by molar-refractivity contribution is 0.200. The molecule has 0 aromatic heterocycles. The standard InChI is InChI=1S/C9H16N2O/c1-10-9(12)11-4-2-7-6-8(7)3-5-11/h7-8H,2-6H2,1H3,(H,10,12)/t7-,8+. The Morgan fingerprint density at radius 2 is 1.92 bits per heavy atom. The number of nitrogens with zero attached hydrogens (tertiary/aromatic N) is 1. The zero-order chi connectivity index (χ0) is 8.55. The van der Waals surface area contributed by atoms with Crippen LogP contribution in [0.25, 0.3) is 0 Å². The van der Waals surface area contributed by atoms with Gasteiger partial charge in [-0.3, -0.25) is 0 Å². The van der Waals surface area contributed by atoms with Crippen LogP contribution >= 0.6 is 0 Å². The van der Waals surface area contributed by atoms with Gasteiger partial charge in [0.2, 0.25) is 0 Å². The maximum Gasteiger partial charge on any atom is 0.317 e. The van der Waals surface area contributed by atoms with Gasteiger partial charge in [0.15, 0.2) is 0 Å². The quantitative estimate of drug-likeness (QED) is 0.576. The van der Waals surface area contributed by atoms with E-state index in [4.69, 9.17) is 0 Å². The Labute approximate surface area is 73.1 Å². The molecule has 2 aliphatic rings. The number of hydrogen-bond acceptors (Lipinski definition) is 1. The third-order valence-corrected chi connectivity index (χ3v) is 3.11. The highest BCUT2D eigenvalue weighted by Crippen LogP contribution is 2.45. The van der Waals surface area contributed by atoms with E-state index in [9.17, 15) is 4.79 Å². The first kappa shape index (κ1) is 7.90. The van der Waals surface area contributed by atoms with Crippen LogP contribution in [0.4, 0.5) is 4.79 Å². The van der Waals surface area contributed by atoms with Crippen molar-refractivity contribution in [2.45, 2.75) is 19.3 Å². The molecule has 1 N–H and O–H groups in total. The number of carbonyl (C=O) groups is 1. The van der Waals surface area contributed by atoms with Crippen LogP contribution in [-0.2, 0) is 0 Å². The fourth-order valence-electron chi connectivity index (χ4n) is 2.13. The topological polar surface area (TPSA) is 32.3 Å². The van der Waals surface area contributed by atoms with Gasteiger partial charge in [-0.05, 0) is 31.1 Å². The lowest BCUT2D eigenvalue weighted by Gasteiger charge is -2.19. The second kappa shape index (κ2) is 2.96. The minimum Gasteiger partial charge on any atom is -0.341 e. The van der Waals surface area contributed by atoms with Crippen molar-refractivity contribution in [3.8, 4) is 0 Å². The van der Waals surface area contributed by atoms with Gasteiger partial charge in [0.1, 0.15) is 0 Å². The van der Waals surface area contributed by atoms with Gasteiger partial charge >= 0.3 is 6.03 Å². The van der Waals surface area contributed by atoms with Crippen LogP contribution in [0.3, 0.4) is 0 Å². The number of nitrogens with one attached hydrogen (secondary N) is 1. The molecule has 1 heterocycles. The lowest BCUT2D eigenvalue weighted by atomic mass is 10.2. The molecule has 12 heavy (non-hydrogen) atoms. The van der Waals surface area contributed by atoms with E-state index in [-0.39, 0.29) is 6.03 Å². The molecule has 68 valence electrons. The zero-order valence-corrected chi connectivity index (χ0v) is 7.55. The van der Waals surface area contributed by atoms with Crippen LogP contribution in [0.2, 0.25) is 0 Å². The second-order valence-electron chi connectivity index (χ2n) is 3.88. The van der Waals surface area contributed by atoms with Gasteiger partial charge < -0.3 is 10.2 Å². The number of fused-ring (bicyclic) bond motifs is 1. The van der Waals surface area contributed by atoms with Gasteiger partial charge in [0.25, 0.3) is 0 Å². The zero-order valence-electron chi connectivity index (χ0n) is 7.55. The van der Waals surface area contributed by atoms with Crippen LogP contribution < -0.4 is 5.32 Å². The third kappa shape index (κ3) is 1.40. The van der Waals surface area contributed by atoms with Gasteiger partial charge in [-0.1, -0.05) is 0 Å². The van der Waals surface area contributed by atoms with Crippen LogP contribution in [0.5, 0.6) is 0 Å². The second-order valence-corrected chi connectivity index (χ2v) is 3.88. The monoisotopic (exact) mass is 168 g/mol. The average Bonchev–Trinajstić information content (AvgIpc) is 2.80. The van der Waals surface area contributed by atoms with Crippen molar-refractivity contribution in [2.75, 3.05) is 20.1 Å². The smallest absolute Gasteiger partial charge is 0.317 e. The summed E-state index contributed by atoms with van der Waals surface area (Å²) in [5.41, 5.74) is 0. The number of rotatable bonds is 0.